The standard InChI is InChI=1S/C22H26N2O2/c1-15-5-4-6-19(13-15)22(26)24-11-9-20(10-12-24)23-21(25)18-8-7-16(2)17(3)14-18/h4-8,13-14,20H,9-12H2,1-3H3,(H,23,25). The fourth-order valence-corrected chi connectivity index (χ4v) is 3.34. The smallest absolute Gasteiger partial charge is 0.253 e. The van der Waals surface area contributed by atoms with E-state index in [1.54, 1.807) is 0 Å². The van der Waals surface area contributed by atoms with Crippen molar-refractivity contribution in [3.8, 4) is 0 Å². The Kier molecular flexibility index (Phi) is 5.40. The third-order valence-corrected chi connectivity index (χ3v) is 5.15. The van der Waals surface area contributed by atoms with Crippen molar-refractivity contribution in [1.29, 1.82) is 0 Å². The molecule has 2 aromatic rings. The number of nitrogens with zero attached hydrogens (tertiary/aromatic N) is 1. The zero-order valence-electron chi connectivity index (χ0n) is 15.7. The summed E-state index contributed by atoms with van der Waals surface area (Å²) in [5.74, 6) is 0.0456. The number of amides is 2. The number of likely N-dealkylation sites (tertiary alicyclic amines) is 1. The van der Waals surface area contributed by atoms with Crippen LogP contribution in [0.4, 0.5) is 0 Å². The third-order valence-electron chi connectivity index (χ3n) is 5.15. The summed E-state index contributed by atoms with van der Waals surface area (Å²) in [6.07, 6.45) is 1.57. The summed E-state index contributed by atoms with van der Waals surface area (Å²) < 4.78 is 0. The molecule has 0 unspecified atom stereocenters. The number of piperidine rings is 1. The second-order valence-electron chi connectivity index (χ2n) is 7.21. The van der Waals surface area contributed by atoms with Crippen molar-refractivity contribution in [1.82, 2.24) is 10.2 Å². The SMILES string of the molecule is Cc1cccc(C(=O)N2CCC(NC(=O)c3ccc(C)c(C)c3)CC2)c1. The van der Waals surface area contributed by atoms with E-state index in [1.165, 1.54) is 5.56 Å². The highest BCUT2D eigenvalue weighted by Gasteiger charge is 2.25. The van der Waals surface area contributed by atoms with Crippen LogP contribution in [-0.2, 0) is 0 Å². The van der Waals surface area contributed by atoms with E-state index in [-0.39, 0.29) is 17.9 Å². The molecular weight excluding hydrogens is 324 g/mol. The second kappa shape index (κ2) is 7.73. The van der Waals surface area contributed by atoms with Crippen molar-refractivity contribution in [2.24, 2.45) is 0 Å². The molecule has 4 nitrogen and oxygen atoms in total. The molecule has 26 heavy (non-hydrogen) atoms. The molecule has 1 aliphatic rings. The Bertz CT molecular complexity index is 821. The quantitative estimate of drug-likeness (QED) is 0.919. The molecule has 1 heterocycles. The number of benzene rings is 2. The number of carbonyl (C=O) groups is 2. The average molecular weight is 350 g/mol. The number of carbonyl (C=O) groups excluding carboxylic acids is 2. The van der Waals surface area contributed by atoms with E-state index in [0.717, 1.165) is 29.5 Å². The van der Waals surface area contributed by atoms with Gasteiger partial charge in [0.15, 0.2) is 0 Å². The van der Waals surface area contributed by atoms with E-state index in [9.17, 15) is 9.59 Å². The maximum atomic E-state index is 12.6. The van der Waals surface area contributed by atoms with Gasteiger partial charge in [-0.15, -0.1) is 0 Å². The van der Waals surface area contributed by atoms with Gasteiger partial charge in [0.2, 0.25) is 0 Å². The molecule has 1 fully saturated rings. The van der Waals surface area contributed by atoms with Crippen molar-refractivity contribution in [3.63, 3.8) is 0 Å². The summed E-state index contributed by atoms with van der Waals surface area (Å²) in [5.41, 5.74) is 4.83. The molecule has 0 bridgehead atoms. The highest BCUT2D eigenvalue weighted by atomic mass is 16.2. The molecule has 0 spiro atoms. The Morgan fingerprint density at radius 1 is 0.923 bits per heavy atom. The van der Waals surface area contributed by atoms with E-state index in [4.69, 9.17) is 0 Å². The van der Waals surface area contributed by atoms with Crippen molar-refractivity contribution < 1.29 is 9.59 Å². The minimum Gasteiger partial charge on any atom is -0.349 e. The van der Waals surface area contributed by atoms with Crippen LogP contribution in [0.25, 0.3) is 0 Å². The number of hydrogen-bond donors (Lipinski definition) is 1. The molecular formula is C22H26N2O2. The Balaban J connectivity index is 1.55. The predicted molar refractivity (Wildman–Crippen MR) is 103 cm³/mol. The maximum Gasteiger partial charge on any atom is 0.253 e. The molecule has 0 aliphatic carbocycles. The molecule has 1 saturated heterocycles. The molecule has 1 aliphatic heterocycles. The molecule has 1 N–H and O–H groups in total. The Labute approximate surface area is 155 Å². The fraction of sp³-hybridized carbons (Fsp3) is 0.364. The molecule has 4 heteroatoms. The highest BCUT2D eigenvalue weighted by Crippen LogP contribution is 2.16. The van der Waals surface area contributed by atoms with Gasteiger partial charge in [0.1, 0.15) is 0 Å². The van der Waals surface area contributed by atoms with E-state index < -0.39 is 0 Å². The summed E-state index contributed by atoms with van der Waals surface area (Å²) in [4.78, 5) is 27.0. The zero-order chi connectivity index (χ0) is 18.7. The van der Waals surface area contributed by atoms with Gasteiger partial charge in [0.05, 0.1) is 0 Å². The van der Waals surface area contributed by atoms with Gasteiger partial charge in [0.25, 0.3) is 11.8 Å². The van der Waals surface area contributed by atoms with Gasteiger partial charge in [-0.3, -0.25) is 9.59 Å². The van der Waals surface area contributed by atoms with Gasteiger partial charge < -0.3 is 10.2 Å². The monoisotopic (exact) mass is 350 g/mol. The number of rotatable bonds is 3. The van der Waals surface area contributed by atoms with Crippen LogP contribution in [0.1, 0.15) is 50.2 Å². The molecule has 0 radical (unpaired) electrons. The van der Waals surface area contributed by atoms with Crippen LogP contribution >= 0.6 is 0 Å². The number of hydrogen-bond acceptors (Lipinski definition) is 2. The van der Waals surface area contributed by atoms with Crippen molar-refractivity contribution in [2.75, 3.05) is 13.1 Å². The predicted octanol–water partition coefficient (Wildman–Crippen LogP) is 3.65. The van der Waals surface area contributed by atoms with E-state index in [1.807, 2.05) is 68.1 Å². The van der Waals surface area contributed by atoms with Gasteiger partial charge in [-0.25, -0.2) is 0 Å². The average Bonchev–Trinajstić information content (AvgIpc) is 2.64. The van der Waals surface area contributed by atoms with Gasteiger partial charge >= 0.3 is 0 Å². The van der Waals surface area contributed by atoms with Gasteiger partial charge in [-0.2, -0.15) is 0 Å². The largest absolute Gasteiger partial charge is 0.349 e. The van der Waals surface area contributed by atoms with Crippen molar-refractivity contribution in [2.45, 2.75) is 39.7 Å². The van der Waals surface area contributed by atoms with Crippen LogP contribution in [-0.4, -0.2) is 35.8 Å². The lowest BCUT2D eigenvalue weighted by atomic mass is 10.0. The summed E-state index contributed by atoms with van der Waals surface area (Å²) in [5, 5.41) is 3.11. The summed E-state index contributed by atoms with van der Waals surface area (Å²) in [7, 11) is 0. The lowest BCUT2D eigenvalue weighted by molar-refractivity contribution is 0.0698. The minimum atomic E-state index is -0.0310. The fourth-order valence-electron chi connectivity index (χ4n) is 3.34. The van der Waals surface area contributed by atoms with Gasteiger partial charge in [-0.1, -0.05) is 23.8 Å². The number of nitrogens with one attached hydrogen (secondary N) is 1. The summed E-state index contributed by atoms with van der Waals surface area (Å²) >= 11 is 0. The van der Waals surface area contributed by atoms with E-state index >= 15 is 0 Å². The minimum absolute atomic E-state index is 0.0310. The zero-order valence-corrected chi connectivity index (χ0v) is 15.7. The maximum absolute atomic E-state index is 12.6. The summed E-state index contributed by atoms with van der Waals surface area (Å²) in [6, 6.07) is 13.6. The lowest BCUT2D eigenvalue weighted by Crippen LogP contribution is -2.46. The van der Waals surface area contributed by atoms with E-state index in [0.29, 0.717) is 18.7 Å². The Morgan fingerprint density at radius 3 is 2.31 bits per heavy atom. The van der Waals surface area contributed by atoms with Crippen LogP contribution in [0.3, 0.4) is 0 Å². The van der Waals surface area contributed by atoms with Crippen LogP contribution in [0.2, 0.25) is 0 Å². The first-order chi connectivity index (χ1) is 12.4. The third kappa shape index (κ3) is 4.13. The van der Waals surface area contributed by atoms with Crippen LogP contribution in [0.5, 0.6) is 0 Å². The van der Waals surface area contributed by atoms with Crippen LogP contribution in [0.15, 0.2) is 42.5 Å². The molecule has 0 aromatic heterocycles. The molecule has 0 saturated carbocycles. The molecule has 136 valence electrons. The molecule has 3 rings (SSSR count). The highest BCUT2D eigenvalue weighted by molar-refractivity contribution is 5.95. The first-order valence-electron chi connectivity index (χ1n) is 9.18. The molecule has 2 aromatic carbocycles. The van der Waals surface area contributed by atoms with E-state index in [2.05, 4.69) is 5.32 Å². The molecule has 0 atom stereocenters. The Morgan fingerprint density at radius 2 is 1.65 bits per heavy atom. The number of aryl methyl sites for hydroxylation is 3. The van der Waals surface area contributed by atoms with Crippen LogP contribution in [0, 0.1) is 20.8 Å². The first kappa shape index (κ1) is 18.2. The second-order valence-corrected chi connectivity index (χ2v) is 7.21. The van der Waals surface area contributed by atoms with Crippen molar-refractivity contribution in [3.05, 3.63) is 70.3 Å². The van der Waals surface area contributed by atoms with Gasteiger partial charge in [-0.05, 0) is 69.0 Å². The van der Waals surface area contributed by atoms with Gasteiger partial charge in [0, 0.05) is 30.3 Å². The normalized spacial score (nSPS) is 15.0. The Hall–Kier alpha value is -2.62. The summed E-state index contributed by atoms with van der Waals surface area (Å²) in [6.45, 7) is 7.39. The van der Waals surface area contributed by atoms with Crippen LogP contribution < -0.4 is 5.32 Å². The first-order valence-corrected chi connectivity index (χ1v) is 9.18. The van der Waals surface area contributed by atoms with Crippen molar-refractivity contribution >= 4 is 11.8 Å². The molecule has 2 amide bonds. The lowest BCUT2D eigenvalue weighted by Gasteiger charge is -2.32. The topological polar surface area (TPSA) is 49.4 Å².